The molecule has 1 heterocycles. The highest BCUT2D eigenvalue weighted by atomic mass is 32.2. The van der Waals surface area contributed by atoms with E-state index in [1.165, 1.54) is 0 Å². The summed E-state index contributed by atoms with van der Waals surface area (Å²) >= 11 is 1.69. The predicted octanol–water partition coefficient (Wildman–Crippen LogP) is 2.13. The van der Waals surface area contributed by atoms with Crippen LogP contribution in [0.3, 0.4) is 0 Å². The highest BCUT2D eigenvalue weighted by Gasteiger charge is 2.10. The number of aromatic carboxylic acids is 1. The maximum atomic E-state index is 10.8. The van der Waals surface area contributed by atoms with Gasteiger partial charge in [-0.15, -0.1) is 0 Å². The second kappa shape index (κ2) is 4.17. The average Bonchev–Trinajstić information content (AvgIpc) is 2.56. The molecule has 0 bridgehead atoms. The largest absolute Gasteiger partial charge is 0.478 e. The van der Waals surface area contributed by atoms with Crippen molar-refractivity contribution in [3.63, 3.8) is 0 Å². The maximum Gasteiger partial charge on any atom is 0.335 e. The summed E-state index contributed by atoms with van der Waals surface area (Å²) in [6, 6.07) is 5.02. The van der Waals surface area contributed by atoms with E-state index in [9.17, 15) is 4.79 Å². The van der Waals surface area contributed by atoms with Crippen LogP contribution in [-0.4, -0.2) is 26.9 Å². The first-order chi connectivity index (χ1) is 7.63. The zero-order valence-corrected chi connectivity index (χ0v) is 9.91. The van der Waals surface area contributed by atoms with Gasteiger partial charge in [0.25, 0.3) is 0 Å². The fraction of sp³-hybridized carbons (Fsp3) is 0.273. The van der Waals surface area contributed by atoms with E-state index in [1.807, 2.05) is 17.9 Å². The zero-order chi connectivity index (χ0) is 11.7. The number of thioether (sulfide) groups is 1. The molecule has 16 heavy (non-hydrogen) atoms. The molecule has 0 atom stereocenters. The molecule has 4 nitrogen and oxygen atoms in total. The molecule has 0 saturated heterocycles. The minimum absolute atomic E-state index is 0.279. The molecule has 2 aromatic rings. The number of carboxylic acid groups (broad SMARTS) is 1. The van der Waals surface area contributed by atoms with Crippen LogP contribution in [0.4, 0.5) is 0 Å². The van der Waals surface area contributed by atoms with E-state index in [4.69, 9.17) is 5.11 Å². The highest BCUT2D eigenvalue weighted by Crippen LogP contribution is 2.19. The Labute approximate surface area is 97.3 Å². The van der Waals surface area contributed by atoms with Crippen LogP contribution in [0.1, 0.15) is 16.2 Å². The van der Waals surface area contributed by atoms with E-state index in [2.05, 4.69) is 4.98 Å². The number of nitrogens with zero attached hydrogens (tertiary/aromatic N) is 2. The molecule has 1 aromatic carbocycles. The normalized spacial score (nSPS) is 10.9. The van der Waals surface area contributed by atoms with Crippen LogP contribution in [0.15, 0.2) is 18.2 Å². The quantitative estimate of drug-likeness (QED) is 0.887. The molecule has 5 heteroatoms. The molecular weight excluding hydrogens is 224 g/mol. The predicted molar refractivity (Wildman–Crippen MR) is 64.9 cm³/mol. The Balaban J connectivity index is 2.58. The van der Waals surface area contributed by atoms with Gasteiger partial charge in [-0.1, -0.05) is 0 Å². The van der Waals surface area contributed by atoms with Gasteiger partial charge in [0.2, 0.25) is 0 Å². The minimum Gasteiger partial charge on any atom is -0.478 e. The van der Waals surface area contributed by atoms with Crippen LogP contribution in [0.2, 0.25) is 0 Å². The Hall–Kier alpha value is -1.49. The van der Waals surface area contributed by atoms with Crippen molar-refractivity contribution >= 4 is 28.8 Å². The van der Waals surface area contributed by atoms with Gasteiger partial charge >= 0.3 is 5.97 Å². The number of rotatable bonds is 3. The fourth-order valence-corrected chi connectivity index (χ4v) is 2.16. The van der Waals surface area contributed by atoms with Crippen LogP contribution in [0.5, 0.6) is 0 Å². The number of hydrogen-bond donors (Lipinski definition) is 1. The number of carboxylic acids is 1. The van der Waals surface area contributed by atoms with E-state index in [1.54, 1.807) is 30.0 Å². The maximum absolute atomic E-state index is 10.8. The molecular formula is C11H12N2O2S. The van der Waals surface area contributed by atoms with Gasteiger partial charge in [0.05, 0.1) is 22.3 Å². The summed E-state index contributed by atoms with van der Waals surface area (Å²) in [6.45, 7) is 0. The van der Waals surface area contributed by atoms with Crippen LogP contribution in [-0.2, 0) is 12.8 Å². The molecule has 1 N–H and O–H groups in total. The number of fused-ring (bicyclic) bond motifs is 1. The second-order valence-electron chi connectivity index (χ2n) is 3.53. The summed E-state index contributed by atoms with van der Waals surface area (Å²) in [7, 11) is 1.95. The number of benzene rings is 1. The topological polar surface area (TPSA) is 55.1 Å². The van der Waals surface area contributed by atoms with Crippen LogP contribution in [0.25, 0.3) is 11.0 Å². The van der Waals surface area contributed by atoms with E-state index < -0.39 is 5.97 Å². The molecule has 1 aromatic heterocycles. The molecule has 0 aliphatic carbocycles. The minimum atomic E-state index is -0.918. The number of aryl methyl sites for hydroxylation is 1. The van der Waals surface area contributed by atoms with Crippen molar-refractivity contribution in [2.75, 3.05) is 6.26 Å². The summed E-state index contributed by atoms with van der Waals surface area (Å²) in [4.78, 5) is 15.2. The molecule has 0 amide bonds. The third-order valence-corrected chi connectivity index (χ3v) is 3.04. The first kappa shape index (κ1) is 11.0. The van der Waals surface area contributed by atoms with Crippen molar-refractivity contribution in [1.29, 1.82) is 0 Å². The van der Waals surface area contributed by atoms with Gasteiger partial charge < -0.3 is 9.67 Å². The summed E-state index contributed by atoms with van der Waals surface area (Å²) in [6.07, 6.45) is 2.02. The summed E-state index contributed by atoms with van der Waals surface area (Å²) in [5.41, 5.74) is 1.99. The molecule has 0 fully saturated rings. The molecule has 0 aliphatic heterocycles. The standard InChI is InChI=1S/C11H12N2O2S/c1-13-9-4-3-7(11(14)15)5-8(9)12-10(13)6-16-2/h3-5H,6H2,1-2H3,(H,14,15). The number of hydrogen-bond acceptors (Lipinski definition) is 3. The molecule has 0 radical (unpaired) electrons. The van der Waals surface area contributed by atoms with Crippen molar-refractivity contribution < 1.29 is 9.90 Å². The van der Waals surface area contributed by atoms with Gasteiger partial charge in [0, 0.05) is 7.05 Å². The van der Waals surface area contributed by atoms with Crippen LogP contribution < -0.4 is 0 Å². The van der Waals surface area contributed by atoms with Crippen LogP contribution >= 0.6 is 11.8 Å². The van der Waals surface area contributed by atoms with Gasteiger partial charge in [-0.05, 0) is 24.5 Å². The fourth-order valence-electron chi connectivity index (χ4n) is 1.64. The SMILES string of the molecule is CSCc1nc2cc(C(=O)O)ccc2n1C. The Morgan fingerprint density at radius 3 is 2.94 bits per heavy atom. The lowest BCUT2D eigenvalue weighted by Gasteiger charge is -1.99. The van der Waals surface area contributed by atoms with Gasteiger partial charge in [-0.3, -0.25) is 0 Å². The van der Waals surface area contributed by atoms with E-state index >= 15 is 0 Å². The van der Waals surface area contributed by atoms with E-state index in [-0.39, 0.29) is 5.56 Å². The lowest BCUT2D eigenvalue weighted by molar-refractivity contribution is 0.0697. The molecule has 0 unspecified atom stereocenters. The molecule has 2 rings (SSSR count). The zero-order valence-electron chi connectivity index (χ0n) is 9.10. The van der Waals surface area contributed by atoms with Gasteiger partial charge in [-0.25, -0.2) is 9.78 Å². The van der Waals surface area contributed by atoms with Crippen molar-refractivity contribution in [1.82, 2.24) is 9.55 Å². The Morgan fingerprint density at radius 2 is 2.31 bits per heavy atom. The van der Waals surface area contributed by atoms with Gasteiger partial charge in [0.1, 0.15) is 5.82 Å². The number of carbonyl (C=O) groups is 1. The van der Waals surface area contributed by atoms with Crippen molar-refractivity contribution in [3.8, 4) is 0 Å². The van der Waals surface area contributed by atoms with E-state index in [0.717, 1.165) is 22.6 Å². The lowest BCUT2D eigenvalue weighted by Crippen LogP contribution is -1.96. The third kappa shape index (κ3) is 1.78. The van der Waals surface area contributed by atoms with Crippen LogP contribution in [0, 0.1) is 0 Å². The monoisotopic (exact) mass is 236 g/mol. The molecule has 0 spiro atoms. The Bertz CT molecular complexity index is 548. The van der Waals surface area contributed by atoms with E-state index in [0.29, 0.717) is 0 Å². The highest BCUT2D eigenvalue weighted by molar-refractivity contribution is 7.97. The lowest BCUT2D eigenvalue weighted by atomic mass is 10.2. The second-order valence-corrected chi connectivity index (χ2v) is 4.39. The summed E-state index contributed by atoms with van der Waals surface area (Å²) in [5.74, 6) is 0.872. The molecule has 0 saturated carbocycles. The first-order valence-corrected chi connectivity index (χ1v) is 6.20. The molecule has 0 aliphatic rings. The Morgan fingerprint density at radius 1 is 1.56 bits per heavy atom. The van der Waals surface area contributed by atoms with Crippen molar-refractivity contribution in [2.45, 2.75) is 5.75 Å². The first-order valence-electron chi connectivity index (χ1n) is 4.81. The smallest absolute Gasteiger partial charge is 0.335 e. The summed E-state index contributed by atoms with van der Waals surface area (Å²) in [5, 5.41) is 8.89. The van der Waals surface area contributed by atoms with Crippen molar-refractivity contribution in [3.05, 3.63) is 29.6 Å². The van der Waals surface area contributed by atoms with Crippen molar-refractivity contribution in [2.24, 2.45) is 7.05 Å². The average molecular weight is 236 g/mol. The summed E-state index contributed by atoms with van der Waals surface area (Å²) < 4.78 is 2.00. The number of aromatic nitrogens is 2. The Kier molecular flexibility index (Phi) is 2.87. The van der Waals surface area contributed by atoms with Gasteiger partial charge in [-0.2, -0.15) is 11.8 Å². The molecule has 84 valence electrons. The van der Waals surface area contributed by atoms with Gasteiger partial charge in [0.15, 0.2) is 0 Å². The number of imidazole rings is 1. The third-order valence-electron chi connectivity index (χ3n) is 2.49.